The summed E-state index contributed by atoms with van der Waals surface area (Å²) in [5.74, 6) is 0.652. The quantitative estimate of drug-likeness (QED) is 0.539. The van der Waals surface area contributed by atoms with Crippen LogP contribution in [0.2, 0.25) is 0 Å². The second kappa shape index (κ2) is 10.5. The Bertz CT molecular complexity index is 617. The lowest BCUT2D eigenvalue weighted by Gasteiger charge is -2.22. The first-order valence-corrected chi connectivity index (χ1v) is 10.1. The Morgan fingerprint density at radius 3 is 2.46 bits per heavy atom. The third kappa shape index (κ3) is 5.72. The van der Waals surface area contributed by atoms with E-state index in [0.717, 1.165) is 30.4 Å². The van der Waals surface area contributed by atoms with E-state index in [2.05, 4.69) is 31.9 Å². The zero-order chi connectivity index (χ0) is 19.9. The van der Waals surface area contributed by atoms with Gasteiger partial charge in [-0.2, -0.15) is 0 Å². The number of halogens is 1. The van der Waals surface area contributed by atoms with E-state index < -0.39 is 0 Å². The van der Waals surface area contributed by atoms with Crippen LogP contribution in [0.3, 0.4) is 0 Å². The molecule has 1 aromatic carbocycles. The minimum absolute atomic E-state index is 0.0367. The van der Waals surface area contributed by atoms with Gasteiger partial charge in [-0.3, -0.25) is 0 Å². The molecule has 0 spiro atoms. The third-order valence-electron chi connectivity index (χ3n) is 5.34. The van der Waals surface area contributed by atoms with Crippen molar-refractivity contribution in [1.82, 2.24) is 4.90 Å². The molecule has 1 fully saturated rings. The SMILES string of the molecule is C=CN1CCCC1CC(=C)C.CC.Cc1cc(F)c(C)c2c1CC(C)C2. The molecule has 1 aliphatic heterocycles. The van der Waals surface area contributed by atoms with Crippen molar-refractivity contribution in [1.29, 1.82) is 0 Å². The summed E-state index contributed by atoms with van der Waals surface area (Å²) >= 11 is 0. The Kier molecular flexibility index (Phi) is 9.12. The van der Waals surface area contributed by atoms with Crippen molar-refractivity contribution in [2.45, 2.75) is 79.7 Å². The molecule has 2 unspecified atom stereocenters. The Balaban J connectivity index is 0.000000241. The molecule has 1 aliphatic carbocycles. The molecule has 0 N–H and O–H groups in total. The number of benzene rings is 1. The number of nitrogens with zero attached hydrogens (tertiary/aromatic N) is 1. The summed E-state index contributed by atoms with van der Waals surface area (Å²) < 4.78 is 13.4. The van der Waals surface area contributed by atoms with Crippen LogP contribution < -0.4 is 0 Å². The second-order valence-electron chi connectivity index (χ2n) is 7.65. The highest BCUT2D eigenvalue weighted by molar-refractivity contribution is 5.44. The largest absolute Gasteiger partial charge is 0.375 e. The van der Waals surface area contributed by atoms with Crippen LogP contribution in [0, 0.1) is 25.6 Å². The van der Waals surface area contributed by atoms with Crippen LogP contribution in [0.1, 0.15) is 69.2 Å². The Morgan fingerprint density at radius 1 is 1.27 bits per heavy atom. The van der Waals surface area contributed by atoms with Gasteiger partial charge in [0.15, 0.2) is 0 Å². The summed E-state index contributed by atoms with van der Waals surface area (Å²) in [6.07, 6.45) is 7.89. The van der Waals surface area contributed by atoms with E-state index in [1.807, 2.05) is 33.9 Å². The van der Waals surface area contributed by atoms with Crippen LogP contribution >= 0.6 is 0 Å². The maximum Gasteiger partial charge on any atom is 0.126 e. The first kappa shape index (κ1) is 22.5. The molecule has 2 aliphatic rings. The van der Waals surface area contributed by atoms with Gasteiger partial charge in [-0.15, -0.1) is 6.58 Å². The van der Waals surface area contributed by atoms with Crippen molar-refractivity contribution in [3.05, 3.63) is 59.1 Å². The first-order chi connectivity index (χ1) is 12.3. The normalized spacial score (nSPS) is 20.5. The van der Waals surface area contributed by atoms with Crippen LogP contribution in [0.25, 0.3) is 0 Å². The summed E-state index contributed by atoms with van der Waals surface area (Å²) in [6.45, 7) is 21.1. The lowest BCUT2D eigenvalue weighted by atomic mass is 9.99. The molecule has 26 heavy (non-hydrogen) atoms. The summed E-state index contributed by atoms with van der Waals surface area (Å²) in [7, 11) is 0. The van der Waals surface area contributed by atoms with Crippen molar-refractivity contribution in [2.75, 3.05) is 6.54 Å². The zero-order valence-electron chi connectivity index (χ0n) is 17.8. The van der Waals surface area contributed by atoms with Crippen molar-refractivity contribution in [3.8, 4) is 0 Å². The van der Waals surface area contributed by atoms with Gasteiger partial charge in [0.1, 0.15) is 5.82 Å². The molecule has 2 heteroatoms. The van der Waals surface area contributed by atoms with Crippen molar-refractivity contribution in [2.24, 2.45) is 5.92 Å². The average Bonchev–Trinajstić information content (AvgIpc) is 3.21. The van der Waals surface area contributed by atoms with Crippen LogP contribution in [0.5, 0.6) is 0 Å². The summed E-state index contributed by atoms with van der Waals surface area (Å²) in [4.78, 5) is 2.33. The van der Waals surface area contributed by atoms with E-state index in [-0.39, 0.29) is 5.82 Å². The highest BCUT2D eigenvalue weighted by Gasteiger charge is 2.23. The standard InChI is InChI=1S/C12H15F.C10H17N.C2H6/c1-7-4-10-8(2)6-12(13)9(3)11(10)5-7;1-4-11-7-5-6-10(11)8-9(2)3;1-2/h6-7H,4-5H2,1-3H3;4,10H,1-2,5-8H2,3H3;1-2H3. The maximum absolute atomic E-state index is 13.4. The van der Waals surface area contributed by atoms with E-state index in [1.165, 1.54) is 36.1 Å². The average molecular weight is 360 g/mol. The molecule has 1 heterocycles. The molecule has 1 nitrogen and oxygen atoms in total. The molecular weight excluding hydrogens is 321 g/mol. The molecule has 3 rings (SSSR count). The van der Waals surface area contributed by atoms with Gasteiger partial charge in [0, 0.05) is 12.6 Å². The fraction of sp³-hybridized carbons (Fsp3) is 0.583. The van der Waals surface area contributed by atoms with E-state index >= 15 is 0 Å². The molecule has 146 valence electrons. The Hall–Kier alpha value is -1.57. The summed E-state index contributed by atoms with van der Waals surface area (Å²) in [6, 6.07) is 2.36. The van der Waals surface area contributed by atoms with Crippen LogP contribution in [-0.4, -0.2) is 17.5 Å². The van der Waals surface area contributed by atoms with Gasteiger partial charge in [0.25, 0.3) is 0 Å². The third-order valence-corrected chi connectivity index (χ3v) is 5.34. The van der Waals surface area contributed by atoms with Gasteiger partial charge in [0.05, 0.1) is 0 Å². The first-order valence-electron chi connectivity index (χ1n) is 10.1. The molecule has 0 saturated carbocycles. The lowest BCUT2D eigenvalue weighted by molar-refractivity contribution is 0.348. The van der Waals surface area contributed by atoms with E-state index in [9.17, 15) is 4.39 Å². The molecule has 2 atom stereocenters. The van der Waals surface area contributed by atoms with Crippen molar-refractivity contribution in [3.63, 3.8) is 0 Å². The number of likely N-dealkylation sites (tertiary alicyclic amines) is 1. The number of aryl methyl sites for hydroxylation is 1. The van der Waals surface area contributed by atoms with E-state index in [4.69, 9.17) is 0 Å². The molecule has 1 saturated heterocycles. The summed E-state index contributed by atoms with van der Waals surface area (Å²) in [5, 5.41) is 0. The van der Waals surface area contributed by atoms with E-state index in [1.54, 1.807) is 6.07 Å². The molecule has 0 radical (unpaired) electrons. The number of hydrogen-bond donors (Lipinski definition) is 0. The minimum Gasteiger partial charge on any atom is -0.375 e. The molecule has 0 aromatic heterocycles. The number of hydrogen-bond acceptors (Lipinski definition) is 1. The molecule has 0 bridgehead atoms. The van der Waals surface area contributed by atoms with Gasteiger partial charge in [-0.1, -0.05) is 32.9 Å². The Morgan fingerprint density at radius 2 is 1.88 bits per heavy atom. The fourth-order valence-electron chi connectivity index (χ4n) is 4.04. The highest BCUT2D eigenvalue weighted by Crippen LogP contribution is 2.32. The number of rotatable bonds is 3. The van der Waals surface area contributed by atoms with E-state index in [0.29, 0.717) is 12.0 Å². The maximum atomic E-state index is 13.4. The predicted molar refractivity (Wildman–Crippen MR) is 113 cm³/mol. The summed E-state index contributed by atoms with van der Waals surface area (Å²) in [5.41, 5.74) is 5.94. The van der Waals surface area contributed by atoms with Crippen LogP contribution in [-0.2, 0) is 12.8 Å². The fourth-order valence-corrected chi connectivity index (χ4v) is 4.04. The minimum atomic E-state index is -0.0367. The van der Waals surface area contributed by atoms with Crippen molar-refractivity contribution < 1.29 is 4.39 Å². The van der Waals surface area contributed by atoms with Gasteiger partial charge in [0.2, 0.25) is 0 Å². The second-order valence-corrected chi connectivity index (χ2v) is 7.65. The monoisotopic (exact) mass is 359 g/mol. The predicted octanol–water partition coefficient (Wildman–Crippen LogP) is 6.76. The Labute approximate surface area is 161 Å². The van der Waals surface area contributed by atoms with Gasteiger partial charge >= 0.3 is 0 Å². The lowest BCUT2D eigenvalue weighted by Crippen LogP contribution is -2.23. The number of fused-ring (bicyclic) bond motifs is 1. The van der Waals surface area contributed by atoms with Crippen molar-refractivity contribution >= 4 is 0 Å². The smallest absolute Gasteiger partial charge is 0.126 e. The van der Waals surface area contributed by atoms with Crippen LogP contribution in [0.15, 0.2) is 31.0 Å². The van der Waals surface area contributed by atoms with Gasteiger partial charge in [-0.05, 0) is 93.3 Å². The topological polar surface area (TPSA) is 3.24 Å². The van der Waals surface area contributed by atoms with Crippen LogP contribution in [0.4, 0.5) is 4.39 Å². The zero-order valence-corrected chi connectivity index (χ0v) is 17.8. The molecular formula is C24H38FN. The molecule has 1 aromatic rings. The molecule has 0 amide bonds. The highest BCUT2D eigenvalue weighted by atomic mass is 19.1. The van der Waals surface area contributed by atoms with Gasteiger partial charge in [-0.25, -0.2) is 4.39 Å². The van der Waals surface area contributed by atoms with Gasteiger partial charge < -0.3 is 4.90 Å².